The zero-order valence-corrected chi connectivity index (χ0v) is 15.1. The number of sulfonamides is 1. The Kier molecular flexibility index (Phi) is 7.98. The van der Waals surface area contributed by atoms with Crippen molar-refractivity contribution in [1.82, 2.24) is 10.0 Å². The van der Waals surface area contributed by atoms with E-state index in [9.17, 15) is 13.2 Å². The fourth-order valence-electron chi connectivity index (χ4n) is 1.90. The zero-order valence-electron chi connectivity index (χ0n) is 13.5. The highest BCUT2D eigenvalue weighted by atomic mass is 35.5. The third-order valence-corrected chi connectivity index (χ3v) is 4.84. The number of nitrogens with one attached hydrogen (secondary N) is 2. The van der Waals surface area contributed by atoms with E-state index in [4.69, 9.17) is 16.3 Å². The van der Waals surface area contributed by atoms with Gasteiger partial charge in [-0.05, 0) is 30.5 Å². The quantitative estimate of drug-likeness (QED) is 0.656. The number of hydrogen-bond donors (Lipinski definition) is 2. The molecule has 0 bridgehead atoms. The van der Waals surface area contributed by atoms with Gasteiger partial charge in [-0.15, -0.1) is 0 Å². The van der Waals surface area contributed by atoms with Gasteiger partial charge in [0.2, 0.25) is 15.9 Å². The summed E-state index contributed by atoms with van der Waals surface area (Å²) in [5.41, 5.74) is 0. The molecule has 0 radical (unpaired) electrons. The maximum atomic E-state index is 12.4. The van der Waals surface area contributed by atoms with Crippen molar-refractivity contribution in [2.75, 3.05) is 20.3 Å². The minimum Gasteiger partial charge on any atom is -0.385 e. The summed E-state index contributed by atoms with van der Waals surface area (Å²) in [5, 5.41) is 3.03. The Hall–Kier alpha value is -1.15. The molecule has 0 unspecified atom stereocenters. The minimum atomic E-state index is -3.83. The van der Waals surface area contributed by atoms with Gasteiger partial charge in [0.1, 0.15) is 6.04 Å². The molecule has 0 saturated carbocycles. The molecular weight excluding hydrogens is 340 g/mol. The van der Waals surface area contributed by atoms with Crippen LogP contribution in [0.15, 0.2) is 29.2 Å². The van der Waals surface area contributed by atoms with Crippen LogP contribution < -0.4 is 10.0 Å². The zero-order chi connectivity index (χ0) is 17.5. The van der Waals surface area contributed by atoms with Gasteiger partial charge in [0.05, 0.1) is 4.90 Å². The topological polar surface area (TPSA) is 84.5 Å². The van der Waals surface area contributed by atoms with Crippen LogP contribution in [0, 0.1) is 5.92 Å². The van der Waals surface area contributed by atoms with Gasteiger partial charge < -0.3 is 10.1 Å². The predicted octanol–water partition coefficient (Wildman–Crippen LogP) is 1.80. The summed E-state index contributed by atoms with van der Waals surface area (Å²) in [6.45, 7) is 4.51. The van der Waals surface area contributed by atoms with E-state index in [0.717, 1.165) is 0 Å². The summed E-state index contributed by atoms with van der Waals surface area (Å²) in [6, 6.07) is 5.05. The minimum absolute atomic E-state index is 0.0304. The molecule has 0 aromatic heterocycles. The smallest absolute Gasteiger partial charge is 0.241 e. The third-order valence-electron chi connectivity index (χ3n) is 3.16. The molecule has 1 atom stereocenters. The summed E-state index contributed by atoms with van der Waals surface area (Å²) < 4.78 is 32.2. The van der Waals surface area contributed by atoms with Gasteiger partial charge in [-0.3, -0.25) is 4.79 Å². The second kappa shape index (κ2) is 9.22. The van der Waals surface area contributed by atoms with E-state index < -0.39 is 16.1 Å². The Balaban J connectivity index is 2.80. The number of methoxy groups -OCH3 is 1. The van der Waals surface area contributed by atoms with Gasteiger partial charge in [-0.2, -0.15) is 4.72 Å². The molecule has 0 aliphatic heterocycles. The van der Waals surface area contributed by atoms with E-state index in [1.165, 1.54) is 12.1 Å². The van der Waals surface area contributed by atoms with Crippen LogP contribution in [-0.2, 0) is 19.6 Å². The van der Waals surface area contributed by atoms with Crippen LogP contribution in [0.5, 0.6) is 0 Å². The highest BCUT2D eigenvalue weighted by molar-refractivity contribution is 7.89. The van der Waals surface area contributed by atoms with Crippen LogP contribution in [0.1, 0.15) is 20.3 Å². The molecule has 0 heterocycles. The number of hydrogen-bond acceptors (Lipinski definition) is 4. The molecule has 1 aromatic rings. The third kappa shape index (κ3) is 6.47. The summed E-state index contributed by atoms with van der Waals surface area (Å²) in [7, 11) is -2.25. The maximum absolute atomic E-state index is 12.4. The fraction of sp³-hybridized carbons (Fsp3) is 0.533. The Morgan fingerprint density at radius 1 is 1.35 bits per heavy atom. The molecule has 130 valence electrons. The van der Waals surface area contributed by atoms with Crippen LogP contribution in [0.2, 0.25) is 5.02 Å². The van der Waals surface area contributed by atoms with Gasteiger partial charge in [0.15, 0.2) is 0 Å². The lowest BCUT2D eigenvalue weighted by Crippen LogP contribution is -2.49. The van der Waals surface area contributed by atoms with Gasteiger partial charge in [0.25, 0.3) is 0 Å². The highest BCUT2D eigenvalue weighted by Gasteiger charge is 2.28. The first kappa shape index (κ1) is 19.9. The molecule has 8 heteroatoms. The molecule has 23 heavy (non-hydrogen) atoms. The lowest BCUT2D eigenvalue weighted by atomic mass is 10.1. The summed E-state index contributed by atoms with van der Waals surface area (Å²) >= 11 is 5.83. The molecule has 1 aromatic carbocycles. The van der Waals surface area contributed by atoms with Crippen molar-refractivity contribution < 1.29 is 17.9 Å². The number of carbonyl (C=O) groups is 1. The van der Waals surface area contributed by atoms with Crippen molar-refractivity contribution in [2.24, 2.45) is 5.92 Å². The average Bonchev–Trinajstić information content (AvgIpc) is 2.49. The SMILES string of the molecule is COCCCNC(=O)[C@@H](NS(=O)(=O)c1cccc(Cl)c1)C(C)C. The van der Waals surface area contributed by atoms with Gasteiger partial charge in [0, 0.05) is 25.3 Å². The van der Waals surface area contributed by atoms with E-state index in [-0.39, 0.29) is 16.7 Å². The lowest BCUT2D eigenvalue weighted by Gasteiger charge is -2.21. The Bertz CT molecular complexity index is 620. The predicted molar refractivity (Wildman–Crippen MR) is 89.9 cm³/mol. The molecule has 2 N–H and O–H groups in total. The Morgan fingerprint density at radius 2 is 2.04 bits per heavy atom. The molecule has 1 amide bonds. The maximum Gasteiger partial charge on any atom is 0.241 e. The van der Waals surface area contributed by atoms with Crippen molar-refractivity contribution in [3.8, 4) is 0 Å². The van der Waals surface area contributed by atoms with Gasteiger partial charge >= 0.3 is 0 Å². The average molecular weight is 363 g/mol. The first-order valence-electron chi connectivity index (χ1n) is 7.32. The van der Waals surface area contributed by atoms with Crippen LogP contribution in [0.3, 0.4) is 0 Å². The van der Waals surface area contributed by atoms with Gasteiger partial charge in [-0.1, -0.05) is 31.5 Å². The standard InChI is InChI=1S/C15H23ClN2O4S/c1-11(2)14(15(19)17-8-5-9-22-3)18-23(20,21)13-7-4-6-12(16)10-13/h4,6-7,10-11,14,18H,5,8-9H2,1-3H3,(H,17,19)/t14-/m0/s1. The molecule has 6 nitrogen and oxygen atoms in total. The van der Waals surface area contributed by atoms with Crippen molar-refractivity contribution in [2.45, 2.75) is 31.2 Å². The monoisotopic (exact) mass is 362 g/mol. The summed E-state index contributed by atoms with van der Waals surface area (Å²) in [4.78, 5) is 12.2. The number of ether oxygens (including phenoxy) is 1. The van der Waals surface area contributed by atoms with Crippen LogP contribution in [0.4, 0.5) is 0 Å². The second-order valence-corrected chi connectivity index (χ2v) is 7.59. The van der Waals surface area contributed by atoms with E-state index in [2.05, 4.69) is 10.0 Å². The molecule has 0 fully saturated rings. The fourth-order valence-corrected chi connectivity index (χ4v) is 3.54. The van der Waals surface area contributed by atoms with E-state index in [1.807, 2.05) is 0 Å². The second-order valence-electron chi connectivity index (χ2n) is 5.44. The number of halogens is 1. The highest BCUT2D eigenvalue weighted by Crippen LogP contribution is 2.16. The first-order valence-corrected chi connectivity index (χ1v) is 9.18. The van der Waals surface area contributed by atoms with E-state index >= 15 is 0 Å². The molecule has 0 saturated heterocycles. The lowest BCUT2D eigenvalue weighted by molar-refractivity contribution is -0.123. The normalized spacial score (nSPS) is 13.1. The van der Waals surface area contributed by atoms with Gasteiger partial charge in [-0.25, -0.2) is 8.42 Å². The molecule has 0 spiro atoms. The first-order chi connectivity index (χ1) is 10.8. The summed E-state index contributed by atoms with van der Waals surface area (Å²) in [5.74, 6) is -0.562. The molecule has 0 aliphatic carbocycles. The number of rotatable bonds is 9. The molecular formula is C15H23ClN2O4S. The number of amides is 1. The van der Waals surface area contributed by atoms with Crippen molar-refractivity contribution in [3.05, 3.63) is 29.3 Å². The van der Waals surface area contributed by atoms with Crippen LogP contribution in [-0.4, -0.2) is 40.6 Å². The summed E-state index contributed by atoms with van der Waals surface area (Å²) in [6.07, 6.45) is 0.661. The number of benzene rings is 1. The van der Waals surface area contributed by atoms with Crippen molar-refractivity contribution in [1.29, 1.82) is 0 Å². The Labute approximate surface area is 142 Å². The van der Waals surface area contributed by atoms with Crippen molar-refractivity contribution in [3.63, 3.8) is 0 Å². The van der Waals surface area contributed by atoms with Crippen LogP contribution >= 0.6 is 11.6 Å². The molecule has 1 rings (SSSR count). The van der Waals surface area contributed by atoms with Crippen molar-refractivity contribution >= 4 is 27.5 Å². The molecule has 0 aliphatic rings. The Morgan fingerprint density at radius 3 is 2.61 bits per heavy atom. The largest absolute Gasteiger partial charge is 0.385 e. The van der Waals surface area contributed by atoms with Crippen LogP contribution in [0.25, 0.3) is 0 Å². The van der Waals surface area contributed by atoms with E-state index in [0.29, 0.717) is 24.6 Å². The number of carbonyl (C=O) groups excluding carboxylic acids is 1. The van der Waals surface area contributed by atoms with E-state index in [1.54, 1.807) is 33.1 Å².